The van der Waals surface area contributed by atoms with E-state index < -0.39 is 40.4 Å². The molecule has 3 fully saturated rings. The summed E-state index contributed by atoms with van der Waals surface area (Å²) in [4.78, 5) is 44.8. The summed E-state index contributed by atoms with van der Waals surface area (Å²) < 4.78 is 14.0. The molecule has 3 aliphatic rings. The van der Waals surface area contributed by atoms with Crippen molar-refractivity contribution in [3.05, 3.63) is 107 Å². The van der Waals surface area contributed by atoms with Gasteiger partial charge in [0.15, 0.2) is 0 Å². The number of hydrogen-bond donors (Lipinski definition) is 2. The molecule has 236 valence electrons. The average molecular weight is 612 g/mol. The molecule has 7 nitrogen and oxygen atoms in total. The van der Waals surface area contributed by atoms with Gasteiger partial charge in [0.05, 0.1) is 16.7 Å². The second kappa shape index (κ2) is 12.8. The molecule has 4 atom stereocenters. The smallest absolute Gasteiger partial charge is 0.310 e. The Kier molecular flexibility index (Phi) is 8.78. The summed E-state index contributed by atoms with van der Waals surface area (Å²) in [5.41, 5.74) is 6.46. The lowest BCUT2D eigenvalue weighted by molar-refractivity contribution is -0.145. The zero-order chi connectivity index (χ0) is 31.6. The monoisotopic (exact) mass is 611 g/mol. The Hall–Kier alpha value is -4.04. The standard InChI is InChI=1S/C37H42FN3O4/c38-30-16-14-27(15-17-30)32(31(33(39)42)26-10-4-1-5-11-26)37(35(44)45)24-29(37)25-40-22-18-36(19-23-40,28-12-6-2-7-13-28)34(43)41-20-8-3-9-21-41/h1-2,4-7,10-17,29,31-32H,3,8-9,18-25H2,(H2,39,42)(H,44,45). The first kappa shape index (κ1) is 31.0. The molecule has 2 aliphatic heterocycles. The lowest BCUT2D eigenvalue weighted by Gasteiger charge is -2.44. The Morgan fingerprint density at radius 1 is 0.822 bits per heavy atom. The van der Waals surface area contributed by atoms with E-state index in [2.05, 4.69) is 17.0 Å². The highest BCUT2D eigenvalue weighted by molar-refractivity contribution is 5.89. The lowest BCUT2D eigenvalue weighted by Crippen LogP contribution is -2.54. The van der Waals surface area contributed by atoms with Gasteiger partial charge in [-0.15, -0.1) is 0 Å². The minimum Gasteiger partial charge on any atom is -0.481 e. The lowest BCUT2D eigenvalue weighted by atomic mass is 9.70. The number of piperidine rings is 2. The maximum atomic E-state index is 14.1. The van der Waals surface area contributed by atoms with E-state index in [1.807, 2.05) is 41.3 Å². The Morgan fingerprint density at radius 3 is 2.00 bits per heavy atom. The molecule has 0 aromatic heterocycles. The van der Waals surface area contributed by atoms with Crippen LogP contribution in [0.25, 0.3) is 0 Å². The maximum Gasteiger partial charge on any atom is 0.310 e. The number of amides is 2. The van der Waals surface area contributed by atoms with Crippen LogP contribution in [0.3, 0.4) is 0 Å². The van der Waals surface area contributed by atoms with Crippen LogP contribution in [0.15, 0.2) is 84.9 Å². The zero-order valence-electron chi connectivity index (χ0n) is 25.6. The fourth-order valence-electron chi connectivity index (χ4n) is 8.20. The minimum atomic E-state index is -1.25. The van der Waals surface area contributed by atoms with Crippen molar-refractivity contribution in [2.45, 2.75) is 55.8 Å². The number of nitrogens with zero attached hydrogens (tertiary/aromatic N) is 2. The number of benzene rings is 3. The molecule has 3 aromatic carbocycles. The second-order valence-corrected chi connectivity index (χ2v) is 13.2. The van der Waals surface area contributed by atoms with Crippen molar-refractivity contribution >= 4 is 17.8 Å². The van der Waals surface area contributed by atoms with E-state index in [0.29, 0.717) is 50.0 Å². The normalized spacial score (nSPS) is 24.4. The third kappa shape index (κ3) is 5.88. The summed E-state index contributed by atoms with van der Waals surface area (Å²) in [6.45, 7) is 3.47. The number of nitrogens with two attached hydrogens (primary N) is 1. The number of carbonyl (C=O) groups excluding carboxylic acids is 2. The van der Waals surface area contributed by atoms with E-state index in [4.69, 9.17) is 5.73 Å². The molecule has 3 aromatic rings. The Bertz CT molecular complexity index is 1500. The molecule has 3 N–H and O–H groups in total. The number of rotatable bonds is 10. The Morgan fingerprint density at radius 2 is 1.42 bits per heavy atom. The number of carboxylic acids is 1. The number of likely N-dealkylation sites (tertiary alicyclic amines) is 2. The quantitative estimate of drug-likeness (QED) is 0.323. The van der Waals surface area contributed by atoms with Crippen LogP contribution >= 0.6 is 0 Å². The molecule has 2 amide bonds. The van der Waals surface area contributed by atoms with E-state index in [-0.39, 0.29) is 11.8 Å². The number of primary amides is 1. The van der Waals surface area contributed by atoms with Crippen LogP contribution in [0, 0.1) is 17.2 Å². The van der Waals surface area contributed by atoms with Gasteiger partial charge >= 0.3 is 5.97 Å². The van der Waals surface area contributed by atoms with Gasteiger partial charge in [0.25, 0.3) is 0 Å². The summed E-state index contributed by atoms with van der Waals surface area (Å²) in [5.74, 6) is -3.70. The van der Waals surface area contributed by atoms with E-state index in [1.54, 1.807) is 24.3 Å². The van der Waals surface area contributed by atoms with Crippen LogP contribution in [-0.4, -0.2) is 65.4 Å². The maximum absolute atomic E-state index is 14.1. The molecule has 0 spiro atoms. The van der Waals surface area contributed by atoms with Gasteiger partial charge in [0.2, 0.25) is 11.8 Å². The van der Waals surface area contributed by atoms with Crippen molar-refractivity contribution in [3.63, 3.8) is 0 Å². The van der Waals surface area contributed by atoms with Crippen molar-refractivity contribution in [2.24, 2.45) is 17.1 Å². The topological polar surface area (TPSA) is 104 Å². The van der Waals surface area contributed by atoms with E-state index in [1.165, 1.54) is 12.1 Å². The van der Waals surface area contributed by atoms with E-state index >= 15 is 0 Å². The molecule has 4 unspecified atom stereocenters. The predicted molar refractivity (Wildman–Crippen MR) is 170 cm³/mol. The van der Waals surface area contributed by atoms with Crippen LogP contribution in [0.5, 0.6) is 0 Å². The number of carbonyl (C=O) groups is 3. The summed E-state index contributed by atoms with van der Waals surface area (Å²) >= 11 is 0. The van der Waals surface area contributed by atoms with Gasteiger partial charge in [-0.2, -0.15) is 0 Å². The first-order chi connectivity index (χ1) is 21.8. The van der Waals surface area contributed by atoms with Gasteiger partial charge in [-0.25, -0.2) is 4.39 Å². The first-order valence-electron chi connectivity index (χ1n) is 16.2. The molecule has 1 aliphatic carbocycles. The van der Waals surface area contributed by atoms with Crippen molar-refractivity contribution in [1.29, 1.82) is 0 Å². The van der Waals surface area contributed by atoms with Crippen LogP contribution in [0.1, 0.15) is 67.1 Å². The number of hydrogen-bond acceptors (Lipinski definition) is 4. The van der Waals surface area contributed by atoms with Gasteiger partial charge in [0, 0.05) is 25.6 Å². The molecule has 45 heavy (non-hydrogen) atoms. The summed E-state index contributed by atoms with van der Waals surface area (Å²) in [7, 11) is 0. The molecule has 6 rings (SSSR count). The zero-order valence-corrected chi connectivity index (χ0v) is 25.6. The van der Waals surface area contributed by atoms with Gasteiger partial charge in [-0.3, -0.25) is 14.4 Å². The van der Waals surface area contributed by atoms with Gasteiger partial charge in [-0.05, 0) is 86.4 Å². The van der Waals surface area contributed by atoms with Gasteiger partial charge in [-0.1, -0.05) is 72.8 Å². The third-order valence-corrected chi connectivity index (χ3v) is 10.7. The highest BCUT2D eigenvalue weighted by Gasteiger charge is 2.67. The van der Waals surface area contributed by atoms with Crippen LogP contribution < -0.4 is 5.73 Å². The Labute approximate surface area is 264 Å². The van der Waals surface area contributed by atoms with Crippen LogP contribution in [0.4, 0.5) is 4.39 Å². The average Bonchev–Trinajstić information content (AvgIpc) is 3.79. The predicted octanol–water partition coefficient (Wildman–Crippen LogP) is 5.32. The molecule has 8 heteroatoms. The summed E-state index contributed by atoms with van der Waals surface area (Å²) in [6.07, 6.45) is 4.93. The van der Waals surface area contributed by atoms with Crippen LogP contribution in [0.2, 0.25) is 0 Å². The fraction of sp³-hybridized carbons (Fsp3) is 0.432. The van der Waals surface area contributed by atoms with Gasteiger partial charge in [0.1, 0.15) is 5.82 Å². The number of halogens is 1. The fourth-order valence-corrected chi connectivity index (χ4v) is 8.20. The van der Waals surface area contributed by atoms with E-state index in [9.17, 15) is 23.9 Å². The first-order valence-corrected chi connectivity index (χ1v) is 16.2. The molecular weight excluding hydrogens is 569 g/mol. The molecule has 0 bridgehead atoms. The number of carboxylic acid groups (broad SMARTS) is 1. The SMILES string of the molecule is NC(=O)C(c1ccccc1)C(c1ccc(F)cc1)C1(C(=O)O)CC1CN1CCC(C(=O)N2CCCCC2)(c2ccccc2)CC1. The van der Waals surface area contributed by atoms with Crippen molar-refractivity contribution in [1.82, 2.24) is 9.80 Å². The highest BCUT2D eigenvalue weighted by Crippen LogP contribution is 2.65. The molecular formula is C37H42FN3O4. The van der Waals surface area contributed by atoms with Crippen molar-refractivity contribution in [3.8, 4) is 0 Å². The van der Waals surface area contributed by atoms with Gasteiger partial charge < -0.3 is 20.6 Å². The summed E-state index contributed by atoms with van der Waals surface area (Å²) in [6, 6.07) is 24.9. The third-order valence-electron chi connectivity index (χ3n) is 10.7. The minimum absolute atomic E-state index is 0.211. The largest absolute Gasteiger partial charge is 0.481 e. The molecule has 2 heterocycles. The Balaban J connectivity index is 1.26. The molecule has 2 saturated heterocycles. The van der Waals surface area contributed by atoms with E-state index in [0.717, 1.165) is 37.9 Å². The van der Waals surface area contributed by atoms with Crippen LogP contribution in [-0.2, 0) is 19.8 Å². The highest BCUT2D eigenvalue weighted by atomic mass is 19.1. The molecule has 1 saturated carbocycles. The summed E-state index contributed by atoms with van der Waals surface area (Å²) in [5, 5.41) is 10.8. The number of aliphatic carboxylic acids is 1. The van der Waals surface area contributed by atoms with Crippen molar-refractivity contribution in [2.75, 3.05) is 32.7 Å². The van der Waals surface area contributed by atoms with Crippen molar-refractivity contribution < 1.29 is 23.9 Å². The second-order valence-electron chi connectivity index (χ2n) is 13.2. The molecule has 0 radical (unpaired) electrons.